The van der Waals surface area contributed by atoms with Crippen LogP contribution in [0.5, 0.6) is 5.75 Å². The van der Waals surface area contributed by atoms with Gasteiger partial charge in [-0.15, -0.1) is 0 Å². The molecule has 3 aromatic carbocycles. The molecule has 0 aromatic heterocycles. The predicted octanol–water partition coefficient (Wildman–Crippen LogP) is 4.34. The first-order chi connectivity index (χ1) is 12.6. The summed E-state index contributed by atoms with van der Waals surface area (Å²) < 4.78 is 0. The maximum Gasteiger partial charge on any atom is 0.270 e. The van der Waals surface area contributed by atoms with Crippen molar-refractivity contribution >= 4 is 17.6 Å². The van der Waals surface area contributed by atoms with Gasteiger partial charge in [0.1, 0.15) is 5.75 Å². The Hall–Kier alpha value is -3.67. The number of nitrogens with zero attached hydrogens (tertiary/aromatic N) is 3. The van der Waals surface area contributed by atoms with Crippen molar-refractivity contribution in [1.82, 2.24) is 0 Å². The highest BCUT2D eigenvalue weighted by molar-refractivity contribution is 5.85. The molecule has 3 aromatic rings. The summed E-state index contributed by atoms with van der Waals surface area (Å²) >= 11 is 0. The Bertz CT molecular complexity index is 912. The number of para-hydroxylation sites is 1. The fourth-order valence-electron chi connectivity index (χ4n) is 2.45. The van der Waals surface area contributed by atoms with E-state index in [4.69, 9.17) is 0 Å². The second-order valence-corrected chi connectivity index (χ2v) is 5.62. The van der Waals surface area contributed by atoms with Crippen LogP contribution in [0.25, 0.3) is 0 Å². The van der Waals surface area contributed by atoms with Gasteiger partial charge in [-0.3, -0.25) is 15.1 Å². The summed E-state index contributed by atoms with van der Waals surface area (Å²) in [5.41, 5.74) is 2.13. The van der Waals surface area contributed by atoms with Crippen molar-refractivity contribution in [3.63, 3.8) is 0 Å². The van der Waals surface area contributed by atoms with Crippen LogP contribution in [0.4, 0.5) is 11.4 Å². The molecule has 0 spiro atoms. The van der Waals surface area contributed by atoms with E-state index < -0.39 is 4.92 Å². The normalized spacial score (nSPS) is 10.8. The topological polar surface area (TPSA) is 79.0 Å². The van der Waals surface area contributed by atoms with Gasteiger partial charge in [0.25, 0.3) is 5.69 Å². The van der Waals surface area contributed by atoms with Gasteiger partial charge < -0.3 is 5.11 Å². The Morgan fingerprint density at radius 2 is 1.65 bits per heavy atom. The summed E-state index contributed by atoms with van der Waals surface area (Å²) in [6, 6.07) is 23.3. The molecule has 0 unspecified atom stereocenters. The van der Waals surface area contributed by atoms with E-state index >= 15 is 0 Å². The first kappa shape index (κ1) is 17.2. The van der Waals surface area contributed by atoms with Gasteiger partial charge in [0.15, 0.2) is 0 Å². The average Bonchev–Trinajstić information content (AvgIpc) is 2.67. The molecule has 0 aliphatic carbocycles. The van der Waals surface area contributed by atoms with Gasteiger partial charge in [-0.1, -0.05) is 48.5 Å². The number of hydrogen-bond acceptors (Lipinski definition) is 5. The molecular formula is C20H17N3O3. The molecule has 6 nitrogen and oxygen atoms in total. The third kappa shape index (κ3) is 4.24. The molecule has 3 rings (SSSR count). The summed E-state index contributed by atoms with van der Waals surface area (Å²) in [4.78, 5) is 10.4. The molecule has 0 radical (unpaired) electrons. The predicted molar refractivity (Wildman–Crippen MR) is 101 cm³/mol. The average molecular weight is 347 g/mol. The zero-order valence-electron chi connectivity index (χ0n) is 13.9. The van der Waals surface area contributed by atoms with E-state index in [-0.39, 0.29) is 17.0 Å². The fourth-order valence-corrected chi connectivity index (χ4v) is 2.45. The molecule has 0 fully saturated rings. The minimum absolute atomic E-state index is 0.0629. The number of rotatable bonds is 6. The smallest absolute Gasteiger partial charge is 0.270 e. The summed E-state index contributed by atoms with van der Waals surface area (Å²) in [5.74, 6) is -0.0629. The lowest BCUT2D eigenvalue weighted by atomic mass is 10.2. The lowest BCUT2D eigenvalue weighted by Gasteiger charge is -2.19. The van der Waals surface area contributed by atoms with E-state index in [1.165, 1.54) is 24.4 Å². The molecule has 0 amide bonds. The van der Waals surface area contributed by atoms with E-state index in [0.29, 0.717) is 6.54 Å². The Morgan fingerprint density at radius 1 is 1.00 bits per heavy atom. The van der Waals surface area contributed by atoms with Gasteiger partial charge in [-0.05, 0) is 23.8 Å². The highest BCUT2D eigenvalue weighted by Gasteiger charge is 2.10. The molecule has 0 aliphatic heterocycles. The fraction of sp³-hybridized carbons (Fsp3) is 0.0500. The molecule has 0 saturated carbocycles. The number of benzene rings is 3. The summed E-state index contributed by atoms with van der Waals surface area (Å²) in [5, 5.41) is 27.1. The van der Waals surface area contributed by atoms with Gasteiger partial charge in [0.05, 0.1) is 23.4 Å². The lowest BCUT2D eigenvalue weighted by Crippen LogP contribution is -2.16. The maximum atomic E-state index is 10.9. The van der Waals surface area contributed by atoms with Gasteiger partial charge in [-0.25, -0.2) is 0 Å². The van der Waals surface area contributed by atoms with Crippen LogP contribution < -0.4 is 5.01 Å². The molecule has 130 valence electrons. The molecule has 0 saturated heterocycles. The quantitative estimate of drug-likeness (QED) is 0.409. The van der Waals surface area contributed by atoms with Crippen molar-refractivity contribution in [3.8, 4) is 5.75 Å². The highest BCUT2D eigenvalue weighted by atomic mass is 16.6. The number of anilines is 1. The summed E-state index contributed by atoms with van der Waals surface area (Å²) in [6.45, 7) is 0.525. The molecule has 0 heterocycles. The van der Waals surface area contributed by atoms with Crippen LogP contribution in [0.3, 0.4) is 0 Å². The second-order valence-electron chi connectivity index (χ2n) is 5.62. The number of phenolic OH excluding ortho intramolecular Hbond substituents is 1. The molecular weight excluding hydrogens is 330 g/mol. The van der Waals surface area contributed by atoms with Crippen LogP contribution in [-0.2, 0) is 6.54 Å². The van der Waals surface area contributed by atoms with Crippen LogP contribution in [0.1, 0.15) is 11.1 Å². The summed E-state index contributed by atoms with van der Waals surface area (Å²) in [7, 11) is 0. The SMILES string of the molecule is O=[N+]([O-])c1ccc(O)c(/C=N\N(Cc2ccccc2)c2ccccc2)c1. The van der Waals surface area contributed by atoms with Crippen molar-refractivity contribution in [2.45, 2.75) is 6.54 Å². The van der Waals surface area contributed by atoms with E-state index in [0.717, 1.165) is 11.3 Å². The van der Waals surface area contributed by atoms with E-state index in [9.17, 15) is 15.2 Å². The number of hydrazone groups is 1. The maximum absolute atomic E-state index is 10.9. The number of aromatic hydroxyl groups is 1. The standard InChI is InChI=1S/C20H17N3O3/c24-20-12-11-19(23(25)26)13-17(20)14-21-22(18-9-5-2-6-10-18)15-16-7-3-1-4-8-16/h1-14,24H,15H2/b21-14-. The van der Waals surface area contributed by atoms with Crippen LogP contribution in [0.15, 0.2) is 84.0 Å². The van der Waals surface area contributed by atoms with Crippen LogP contribution in [-0.4, -0.2) is 16.2 Å². The van der Waals surface area contributed by atoms with Gasteiger partial charge in [0, 0.05) is 17.7 Å². The second kappa shape index (κ2) is 7.94. The Labute approximate surface area is 150 Å². The zero-order valence-corrected chi connectivity index (χ0v) is 13.9. The summed E-state index contributed by atoms with van der Waals surface area (Å²) in [6.07, 6.45) is 1.43. The molecule has 0 aliphatic rings. The van der Waals surface area contributed by atoms with Gasteiger partial charge in [-0.2, -0.15) is 5.10 Å². The first-order valence-corrected chi connectivity index (χ1v) is 8.01. The Balaban J connectivity index is 1.92. The van der Waals surface area contributed by atoms with E-state index in [1.54, 1.807) is 5.01 Å². The number of nitro benzene ring substituents is 1. The third-order valence-corrected chi connectivity index (χ3v) is 3.79. The van der Waals surface area contributed by atoms with Crippen molar-refractivity contribution < 1.29 is 10.0 Å². The first-order valence-electron chi connectivity index (χ1n) is 8.01. The molecule has 6 heteroatoms. The number of nitro groups is 1. The number of phenols is 1. The highest BCUT2D eigenvalue weighted by Crippen LogP contribution is 2.22. The van der Waals surface area contributed by atoms with E-state index in [1.807, 2.05) is 60.7 Å². The minimum Gasteiger partial charge on any atom is -0.507 e. The van der Waals surface area contributed by atoms with Crippen molar-refractivity contribution in [3.05, 3.63) is 100 Å². The molecule has 26 heavy (non-hydrogen) atoms. The molecule has 0 bridgehead atoms. The van der Waals surface area contributed by atoms with Crippen molar-refractivity contribution in [1.29, 1.82) is 0 Å². The Kier molecular flexibility index (Phi) is 5.24. The monoisotopic (exact) mass is 347 g/mol. The largest absolute Gasteiger partial charge is 0.507 e. The molecule has 1 N–H and O–H groups in total. The molecule has 0 atom stereocenters. The third-order valence-electron chi connectivity index (χ3n) is 3.79. The number of hydrogen-bond donors (Lipinski definition) is 1. The Morgan fingerprint density at radius 3 is 2.31 bits per heavy atom. The van der Waals surface area contributed by atoms with Gasteiger partial charge in [0.2, 0.25) is 0 Å². The van der Waals surface area contributed by atoms with Crippen molar-refractivity contribution in [2.24, 2.45) is 5.10 Å². The zero-order chi connectivity index (χ0) is 18.4. The van der Waals surface area contributed by atoms with Crippen LogP contribution in [0.2, 0.25) is 0 Å². The van der Waals surface area contributed by atoms with Gasteiger partial charge >= 0.3 is 0 Å². The van der Waals surface area contributed by atoms with Crippen molar-refractivity contribution in [2.75, 3.05) is 5.01 Å². The van der Waals surface area contributed by atoms with Crippen LogP contribution in [0, 0.1) is 10.1 Å². The lowest BCUT2D eigenvalue weighted by molar-refractivity contribution is -0.384. The minimum atomic E-state index is -0.504. The van der Waals surface area contributed by atoms with Crippen LogP contribution >= 0.6 is 0 Å². The van der Waals surface area contributed by atoms with E-state index in [2.05, 4.69) is 5.10 Å². The number of non-ortho nitro benzene ring substituents is 1.